The normalized spacial score (nSPS) is 12.1. The lowest BCUT2D eigenvalue weighted by molar-refractivity contribution is -0.139. The molecule has 1 aromatic rings. The minimum absolute atomic E-state index is 0.0946. The van der Waals surface area contributed by atoms with Gasteiger partial charge in [0.1, 0.15) is 17.6 Å². The summed E-state index contributed by atoms with van der Waals surface area (Å²) >= 11 is 0. The Bertz CT molecular complexity index is 502. The van der Waals surface area contributed by atoms with Gasteiger partial charge in [-0.25, -0.2) is 9.18 Å². The monoisotopic (exact) mass is 283 g/mol. The highest BCUT2D eigenvalue weighted by atomic mass is 19.1. The second-order valence-electron chi connectivity index (χ2n) is 4.84. The number of hydrogen-bond acceptors (Lipinski definition) is 3. The number of halogens is 1. The summed E-state index contributed by atoms with van der Waals surface area (Å²) in [5, 5.41) is 11.4. The van der Waals surface area contributed by atoms with Crippen LogP contribution in [-0.4, -0.2) is 30.1 Å². The van der Waals surface area contributed by atoms with Gasteiger partial charge in [0.05, 0.1) is 12.7 Å². The van der Waals surface area contributed by atoms with Crippen molar-refractivity contribution >= 4 is 11.9 Å². The zero-order valence-corrected chi connectivity index (χ0v) is 11.6. The first-order chi connectivity index (χ1) is 9.35. The third-order valence-electron chi connectivity index (χ3n) is 2.73. The van der Waals surface area contributed by atoms with Gasteiger partial charge >= 0.3 is 5.97 Å². The number of methoxy groups -OCH3 is 1. The molecule has 20 heavy (non-hydrogen) atoms. The van der Waals surface area contributed by atoms with Crippen molar-refractivity contribution in [2.45, 2.75) is 26.3 Å². The number of carboxylic acids is 1. The van der Waals surface area contributed by atoms with E-state index >= 15 is 0 Å². The van der Waals surface area contributed by atoms with Crippen LogP contribution in [0.15, 0.2) is 18.2 Å². The predicted octanol–water partition coefficient (Wildman–Crippen LogP) is 2.06. The van der Waals surface area contributed by atoms with E-state index in [0.717, 1.165) is 6.07 Å². The van der Waals surface area contributed by atoms with E-state index < -0.39 is 23.7 Å². The van der Waals surface area contributed by atoms with Crippen LogP contribution in [0.3, 0.4) is 0 Å². The summed E-state index contributed by atoms with van der Waals surface area (Å²) in [5.74, 6) is -2.26. The molecule has 0 spiro atoms. The molecule has 0 fully saturated rings. The molecule has 0 aliphatic rings. The van der Waals surface area contributed by atoms with Crippen molar-refractivity contribution in [3.05, 3.63) is 29.6 Å². The lowest BCUT2D eigenvalue weighted by Gasteiger charge is -2.16. The van der Waals surface area contributed by atoms with Gasteiger partial charge in [-0.3, -0.25) is 4.79 Å². The molecule has 1 aromatic carbocycles. The fraction of sp³-hybridized carbons (Fsp3) is 0.429. The lowest BCUT2D eigenvalue weighted by atomic mass is 10.0. The molecule has 1 atom stereocenters. The average Bonchev–Trinajstić information content (AvgIpc) is 2.36. The maximum Gasteiger partial charge on any atom is 0.326 e. The molecular formula is C14H18FNO4. The summed E-state index contributed by atoms with van der Waals surface area (Å²) in [7, 11) is 1.39. The standard InChI is InChI=1S/C14H18FNO4/c1-8(2)6-12(14(18)19)16-13(17)10-5-4-9(20-3)7-11(10)15/h4-5,7-8,12H,6H2,1-3H3,(H,16,17)(H,18,19). The summed E-state index contributed by atoms with van der Waals surface area (Å²) in [4.78, 5) is 23.0. The Balaban J connectivity index is 2.86. The Labute approximate surface area is 116 Å². The van der Waals surface area contributed by atoms with Gasteiger partial charge in [-0.1, -0.05) is 13.8 Å². The van der Waals surface area contributed by atoms with Crippen LogP contribution in [0.5, 0.6) is 5.75 Å². The van der Waals surface area contributed by atoms with E-state index in [1.165, 1.54) is 19.2 Å². The zero-order chi connectivity index (χ0) is 15.3. The average molecular weight is 283 g/mol. The van der Waals surface area contributed by atoms with Crippen LogP contribution in [0.25, 0.3) is 0 Å². The molecule has 0 radical (unpaired) electrons. The highest BCUT2D eigenvalue weighted by molar-refractivity contribution is 5.96. The number of benzene rings is 1. The smallest absolute Gasteiger partial charge is 0.326 e. The van der Waals surface area contributed by atoms with Crippen LogP contribution in [0.1, 0.15) is 30.6 Å². The SMILES string of the molecule is COc1ccc(C(=O)NC(CC(C)C)C(=O)O)c(F)c1. The zero-order valence-electron chi connectivity index (χ0n) is 11.6. The third kappa shape index (κ3) is 4.22. The molecule has 0 aliphatic carbocycles. The molecule has 0 bridgehead atoms. The van der Waals surface area contributed by atoms with Gasteiger partial charge in [-0.2, -0.15) is 0 Å². The topological polar surface area (TPSA) is 75.6 Å². The molecule has 0 saturated carbocycles. The predicted molar refractivity (Wildman–Crippen MR) is 71.3 cm³/mol. The van der Waals surface area contributed by atoms with Crippen molar-refractivity contribution in [1.29, 1.82) is 0 Å². The second kappa shape index (κ2) is 6.88. The van der Waals surface area contributed by atoms with Crippen LogP contribution >= 0.6 is 0 Å². The van der Waals surface area contributed by atoms with Gasteiger partial charge in [0, 0.05) is 6.07 Å². The first kappa shape index (κ1) is 15.9. The summed E-state index contributed by atoms with van der Waals surface area (Å²) in [6, 6.07) is 2.74. The number of amides is 1. The molecule has 1 unspecified atom stereocenters. The van der Waals surface area contributed by atoms with Crippen molar-refractivity contribution in [3.63, 3.8) is 0 Å². The molecule has 0 saturated heterocycles. The number of carbonyl (C=O) groups excluding carboxylic acids is 1. The van der Waals surface area contributed by atoms with Gasteiger partial charge in [-0.15, -0.1) is 0 Å². The fourth-order valence-corrected chi connectivity index (χ4v) is 1.74. The summed E-state index contributed by atoms with van der Waals surface area (Å²) in [5.41, 5.74) is -0.208. The Kier molecular flexibility index (Phi) is 5.49. The van der Waals surface area contributed by atoms with E-state index in [-0.39, 0.29) is 23.7 Å². The molecular weight excluding hydrogens is 265 g/mol. The molecule has 110 valence electrons. The van der Waals surface area contributed by atoms with Crippen molar-refractivity contribution in [2.75, 3.05) is 7.11 Å². The first-order valence-electron chi connectivity index (χ1n) is 6.22. The van der Waals surface area contributed by atoms with Crippen LogP contribution in [-0.2, 0) is 4.79 Å². The number of carboxylic acid groups (broad SMARTS) is 1. The van der Waals surface area contributed by atoms with Gasteiger partial charge in [0.15, 0.2) is 0 Å². The van der Waals surface area contributed by atoms with Crippen molar-refractivity contribution < 1.29 is 23.8 Å². The van der Waals surface area contributed by atoms with Crippen LogP contribution in [0, 0.1) is 11.7 Å². The van der Waals surface area contributed by atoms with Crippen LogP contribution in [0.2, 0.25) is 0 Å². The van der Waals surface area contributed by atoms with E-state index in [4.69, 9.17) is 9.84 Å². The second-order valence-corrected chi connectivity index (χ2v) is 4.84. The highest BCUT2D eigenvalue weighted by Crippen LogP contribution is 2.16. The maximum absolute atomic E-state index is 13.7. The minimum atomic E-state index is -1.14. The van der Waals surface area contributed by atoms with Gasteiger partial charge in [-0.05, 0) is 24.5 Å². The number of carbonyl (C=O) groups is 2. The van der Waals surface area contributed by atoms with E-state index in [1.54, 1.807) is 0 Å². The van der Waals surface area contributed by atoms with Crippen LogP contribution < -0.4 is 10.1 Å². The molecule has 0 aromatic heterocycles. The Hall–Kier alpha value is -2.11. The first-order valence-corrected chi connectivity index (χ1v) is 6.22. The van der Waals surface area contributed by atoms with E-state index in [0.29, 0.717) is 0 Å². The van der Waals surface area contributed by atoms with Crippen molar-refractivity contribution in [1.82, 2.24) is 5.32 Å². The number of ether oxygens (including phenoxy) is 1. The summed E-state index contributed by atoms with van der Waals surface area (Å²) in [6.07, 6.45) is 0.277. The van der Waals surface area contributed by atoms with E-state index in [2.05, 4.69) is 5.32 Å². The van der Waals surface area contributed by atoms with Crippen molar-refractivity contribution in [3.8, 4) is 5.75 Å². The Morgan fingerprint density at radius 1 is 1.40 bits per heavy atom. The van der Waals surface area contributed by atoms with Gasteiger partial charge in [0.25, 0.3) is 5.91 Å². The third-order valence-corrected chi connectivity index (χ3v) is 2.73. The molecule has 5 nitrogen and oxygen atoms in total. The van der Waals surface area contributed by atoms with Gasteiger partial charge in [0.2, 0.25) is 0 Å². The Morgan fingerprint density at radius 3 is 2.50 bits per heavy atom. The quantitative estimate of drug-likeness (QED) is 0.838. The molecule has 6 heteroatoms. The molecule has 2 N–H and O–H groups in total. The number of aliphatic carboxylic acids is 1. The lowest BCUT2D eigenvalue weighted by Crippen LogP contribution is -2.41. The summed E-state index contributed by atoms with van der Waals surface area (Å²) in [6.45, 7) is 3.69. The molecule has 0 aliphatic heterocycles. The minimum Gasteiger partial charge on any atom is -0.497 e. The maximum atomic E-state index is 13.7. The molecule has 1 rings (SSSR count). The number of rotatable bonds is 6. The summed E-state index contributed by atoms with van der Waals surface area (Å²) < 4.78 is 18.5. The molecule has 1 amide bonds. The number of hydrogen-bond donors (Lipinski definition) is 2. The van der Waals surface area contributed by atoms with Crippen LogP contribution in [0.4, 0.5) is 4.39 Å². The Morgan fingerprint density at radius 2 is 2.05 bits per heavy atom. The van der Waals surface area contributed by atoms with Gasteiger partial charge < -0.3 is 15.2 Å². The van der Waals surface area contributed by atoms with E-state index in [9.17, 15) is 14.0 Å². The fourth-order valence-electron chi connectivity index (χ4n) is 1.74. The largest absolute Gasteiger partial charge is 0.497 e. The van der Waals surface area contributed by atoms with E-state index in [1.807, 2.05) is 13.8 Å². The molecule has 0 heterocycles. The van der Waals surface area contributed by atoms with Crippen molar-refractivity contribution in [2.24, 2.45) is 5.92 Å². The number of nitrogens with one attached hydrogen (secondary N) is 1. The highest BCUT2D eigenvalue weighted by Gasteiger charge is 2.23.